The molecule has 9 heteroatoms. The molecule has 0 radical (unpaired) electrons. The first-order chi connectivity index (χ1) is 13.4. The van der Waals surface area contributed by atoms with E-state index in [1.807, 2.05) is 11.4 Å². The van der Waals surface area contributed by atoms with Crippen LogP contribution in [-0.4, -0.2) is 38.2 Å². The van der Waals surface area contributed by atoms with Crippen molar-refractivity contribution in [2.24, 2.45) is 0 Å². The van der Waals surface area contributed by atoms with Crippen LogP contribution in [-0.2, 0) is 32.6 Å². The second kappa shape index (κ2) is 8.85. The van der Waals surface area contributed by atoms with E-state index in [-0.39, 0.29) is 29.7 Å². The molecule has 1 aromatic carbocycles. The predicted octanol–water partition coefficient (Wildman–Crippen LogP) is 2.35. The lowest BCUT2D eigenvalue weighted by Crippen LogP contribution is -2.37. The van der Waals surface area contributed by atoms with Crippen LogP contribution in [0.1, 0.15) is 30.2 Å². The van der Waals surface area contributed by atoms with E-state index in [2.05, 4.69) is 10.0 Å². The summed E-state index contributed by atoms with van der Waals surface area (Å²) in [5.74, 6) is -0.197. The summed E-state index contributed by atoms with van der Waals surface area (Å²) in [4.78, 5) is 26.9. The van der Waals surface area contributed by atoms with Gasteiger partial charge in [0.15, 0.2) is 0 Å². The molecular formula is C19H23N3O4S2. The zero-order valence-corrected chi connectivity index (χ0v) is 17.2. The molecule has 0 saturated carbocycles. The van der Waals surface area contributed by atoms with Crippen LogP contribution in [0.3, 0.4) is 0 Å². The Morgan fingerprint density at radius 1 is 1.18 bits per heavy atom. The minimum atomic E-state index is -3.71. The van der Waals surface area contributed by atoms with Crippen molar-refractivity contribution in [1.82, 2.24) is 9.62 Å². The maximum atomic E-state index is 12.4. The minimum Gasteiger partial charge on any atom is -0.338 e. The number of rotatable bonds is 7. The predicted molar refractivity (Wildman–Crippen MR) is 109 cm³/mol. The van der Waals surface area contributed by atoms with Crippen LogP contribution in [0, 0.1) is 0 Å². The molecule has 1 aromatic heterocycles. The van der Waals surface area contributed by atoms with Gasteiger partial charge in [-0.3, -0.25) is 9.59 Å². The second-order valence-electron chi connectivity index (χ2n) is 6.51. The summed E-state index contributed by atoms with van der Waals surface area (Å²) >= 11 is 1.71. The van der Waals surface area contributed by atoms with Gasteiger partial charge >= 0.3 is 0 Å². The van der Waals surface area contributed by atoms with Crippen LogP contribution < -0.4 is 10.0 Å². The summed E-state index contributed by atoms with van der Waals surface area (Å²) < 4.78 is 27.2. The molecule has 2 N–H and O–H groups in total. The second-order valence-corrected chi connectivity index (χ2v) is 9.28. The monoisotopic (exact) mass is 421 g/mol. The van der Waals surface area contributed by atoms with Gasteiger partial charge in [0.1, 0.15) is 0 Å². The zero-order chi connectivity index (χ0) is 20.1. The van der Waals surface area contributed by atoms with Crippen LogP contribution in [0.15, 0.2) is 40.6 Å². The fraction of sp³-hybridized carbons (Fsp3) is 0.368. The number of carbonyl (C=O) groups excluding carboxylic acids is 2. The Bertz CT molecular complexity index is 952. The first-order valence-electron chi connectivity index (χ1n) is 9.11. The zero-order valence-electron chi connectivity index (χ0n) is 15.6. The number of amides is 2. The standard InChI is InChI=1S/C19H23N3O4S2/c1-2-18(23)21-15-3-5-16(6-4-15)28(25,26)20-10-7-19(24)22-11-8-17-14(13-22)9-12-27-17/h3-6,9,12,20H,2,7-8,10-11,13H2,1H3,(H,21,23). The van der Waals surface area contributed by atoms with Crippen molar-refractivity contribution in [2.75, 3.05) is 18.4 Å². The molecule has 1 aliphatic heterocycles. The lowest BCUT2D eigenvalue weighted by molar-refractivity contribution is -0.131. The van der Waals surface area contributed by atoms with Crippen molar-refractivity contribution in [2.45, 2.75) is 37.6 Å². The maximum Gasteiger partial charge on any atom is 0.240 e. The molecule has 150 valence electrons. The van der Waals surface area contributed by atoms with Gasteiger partial charge < -0.3 is 10.2 Å². The molecule has 2 heterocycles. The van der Waals surface area contributed by atoms with Crippen molar-refractivity contribution < 1.29 is 18.0 Å². The van der Waals surface area contributed by atoms with Crippen LogP contribution in [0.25, 0.3) is 0 Å². The lowest BCUT2D eigenvalue weighted by Gasteiger charge is -2.27. The Morgan fingerprint density at radius 3 is 2.64 bits per heavy atom. The van der Waals surface area contributed by atoms with Gasteiger partial charge in [-0.1, -0.05) is 6.92 Å². The van der Waals surface area contributed by atoms with Gasteiger partial charge in [0.05, 0.1) is 4.90 Å². The summed E-state index contributed by atoms with van der Waals surface area (Å²) in [7, 11) is -3.71. The molecule has 0 saturated heterocycles. The Hall–Kier alpha value is -2.23. The number of benzene rings is 1. The molecule has 28 heavy (non-hydrogen) atoms. The van der Waals surface area contributed by atoms with Gasteiger partial charge in [-0.05, 0) is 47.7 Å². The van der Waals surface area contributed by atoms with Crippen LogP contribution in [0.5, 0.6) is 0 Å². The van der Waals surface area contributed by atoms with Crippen molar-refractivity contribution in [3.05, 3.63) is 46.2 Å². The van der Waals surface area contributed by atoms with Gasteiger partial charge in [0, 0.05) is 43.0 Å². The summed E-state index contributed by atoms with van der Waals surface area (Å²) in [6, 6.07) is 7.98. The highest BCUT2D eigenvalue weighted by atomic mass is 32.2. The number of nitrogens with one attached hydrogen (secondary N) is 2. The van der Waals surface area contributed by atoms with Crippen molar-refractivity contribution in [1.29, 1.82) is 0 Å². The molecule has 7 nitrogen and oxygen atoms in total. The van der Waals surface area contributed by atoms with E-state index in [0.29, 0.717) is 25.2 Å². The summed E-state index contributed by atoms with van der Waals surface area (Å²) in [5, 5.41) is 4.70. The Morgan fingerprint density at radius 2 is 1.93 bits per heavy atom. The smallest absolute Gasteiger partial charge is 0.240 e. The highest BCUT2D eigenvalue weighted by molar-refractivity contribution is 7.89. The quantitative estimate of drug-likeness (QED) is 0.717. The Balaban J connectivity index is 1.51. The molecule has 2 aromatic rings. The van der Waals surface area contributed by atoms with Gasteiger partial charge in [-0.2, -0.15) is 0 Å². The molecule has 0 spiro atoms. The van der Waals surface area contributed by atoms with Crippen LogP contribution in [0.2, 0.25) is 0 Å². The number of nitrogens with zero attached hydrogens (tertiary/aromatic N) is 1. The molecule has 0 bridgehead atoms. The fourth-order valence-electron chi connectivity index (χ4n) is 2.96. The van der Waals surface area contributed by atoms with Gasteiger partial charge in [-0.25, -0.2) is 13.1 Å². The van der Waals surface area contributed by atoms with Crippen LogP contribution >= 0.6 is 11.3 Å². The maximum absolute atomic E-state index is 12.4. The first-order valence-corrected chi connectivity index (χ1v) is 11.5. The third-order valence-electron chi connectivity index (χ3n) is 4.56. The molecule has 3 rings (SSSR count). The van der Waals surface area contributed by atoms with E-state index < -0.39 is 10.0 Å². The third-order valence-corrected chi connectivity index (χ3v) is 7.06. The summed E-state index contributed by atoms with van der Waals surface area (Å²) in [5.41, 5.74) is 1.72. The normalized spacial score (nSPS) is 13.8. The van der Waals surface area contributed by atoms with Gasteiger partial charge in [0.2, 0.25) is 21.8 Å². The fourth-order valence-corrected chi connectivity index (χ4v) is 4.88. The summed E-state index contributed by atoms with van der Waals surface area (Å²) in [6.45, 7) is 3.05. The first kappa shape index (κ1) is 20.5. The van der Waals surface area contributed by atoms with Gasteiger partial charge in [-0.15, -0.1) is 11.3 Å². The van der Waals surface area contributed by atoms with E-state index in [0.717, 1.165) is 6.42 Å². The van der Waals surface area contributed by atoms with Crippen molar-refractivity contribution >= 4 is 38.9 Å². The summed E-state index contributed by atoms with van der Waals surface area (Å²) in [6.07, 6.45) is 1.31. The number of anilines is 1. The van der Waals surface area contributed by atoms with E-state index in [1.54, 1.807) is 35.3 Å². The van der Waals surface area contributed by atoms with Crippen molar-refractivity contribution in [3.8, 4) is 0 Å². The molecule has 1 aliphatic rings. The SMILES string of the molecule is CCC(=O)Nc1ccc(S(=O)(=O)NCCC(=O)N2CCc3sccc3C2)cc1. The molecule has 2 amide bonds. The lowest BCUT2D eigenvalue weighted by atomic mass is 10.1. The topological polar surface area (TPSA) is 95.6 Å². The van der Waals surface area contributed by atoms with Crippen molar-refractivity contribution in [3.63, 3.8) is 0 Å². The number of fused-ring (bicyclic) bond motifs is 1. The van der Waals surface area contributed by atoms with Crippen LogP contribution in [0.4, 0.5) is 5.69 Å². The number of carbonyl (C=O) groups is 2. The molecular weight excluding hydrogens is 398 g/mol. The number of thiophene rings is 1. The molecule has 0 unspecified atom stereocenters. The van der Waals surface area contributed by atoms with E-state index in [1.165, 1.54) is 22.6 Å². The molecule has 0 atom stereocenters. The largest absolute Gasteiger partial charge is 0.338 e. The Kier molecular flexibility index (Phi) is 6.48. The molecule has 0 aliphatic carbocycles. The highest BCUT2D eigenvalue weighted by Gasteiger charge is 2.22. The average molecular weight is 422 g/mol. The third kappa shape index (κ3) is 4.98. The highest BCUT2D eigenvalue weighted by Crippen LogP contribution is 2.24. The number of hydrogen-bond donors (Lipinski definition) is 2. The molecule has 0 fully saturated rings. The number of hydrogen-bond acceptors (Lipinski definition) is 5. The van der Waals surface area contributed by atoms with E-state index in [9.17, 15) is 18.0 Å². The average Bonchev–Trinajstić information content (AvgIpc) is 3.16. The minimum absolute atomic E-state index is 0.0441. The Labute approximate surface area is 168 Å². The van der Waals surface area contributed by atoms with E-state index >= 15 is 0 Å². The van der Waals surface area contributed by atoms with E-state index in [4.69, 9.17) is 0 Å². The van der Waals surface area contributed by atoms with Gasteiger partial charge in [0.25, 0.3) is 0 Å². The number of sulfonamides is 1.